The molecule has 0 bridgehead atoms. The van der Waals surface area contributed by atoms with Crippen molar-refractivity contribution in [2.45, 2.75) is 48.1 Å². The third kappa shape index (κ3) is 4.26. The molecule has 34 heavy (non-hydrogen) atoms. The van der Waals surface area contributed by atoms with E-state index in [1.54, 1.807) is 54.6 Å². The summed E-state index contributed by atoms with van der Waals surface area (Å²) in [6, 6.07) is 13.3. The minimum atomic E-state index is -1.25. The summed E-state index contributed by atoms with van der Waals surface area (Å²) in [6.07, 6.45) is 0. The zero-order valence-electron chi connectivity index (χ0n) is 18.7. The van der Waals surface area contributed by atoms with Crippen LogP contribution in [0.2, 0.25) is 0 Å². The Bertz CT molecular complexity index is 1110. The van der Waals surface area contributed by atoms with Crippen molar-refractivity contribution in [2.75, 3.05) is 0 Å². The summed E-state index contributed by atoms with van der Waals surface area (Å²) in [5, 5.41) is 14.5. The van der Waals surface area contributed by atoms with E-state index in [2.05, 4.69) is 10.6 Å². The third-order valence-corrected chi connectivity index (χ3v) is 7.67. The number of aliphatic carboxylic acids is 1. The van der Waals surface area contributed by atoms with Crippen molar-refractivity contribution in [1.29, 1.82) is 0 Å². The highest BCUT2D eigenvalue weighted by atomic mass is 32.2. The van der Waals surface area contributed by atoms with Gasteiger partial charge < -0.3 is 26.4 Å². The van der Waals surface area contributed by atoms with Crippen LogP contribution in [-0.4, -0.2) is 55.9 Å². The molecule has 0 radical (unpaired) electrons. The SMILES string of the molecule is CC1(C)S[C@@H]2[C@H](NC(=O)[C@H](N)c3ccccc3)C(=O)N2[C@H]1C(=O)N[C@@H](C(=O)O)c1ccccc1. The number of benzene rings is 2. The first-order valence-electron chi connectivity index (χ1n) is 10.8. The Morgan fingerprint density at radius 3 is 2.15 bits per heavy atom. The topological polar surface area (TPSA) is 142 Å². The molecule has 2 aliphatic rings. The molecule has 2 aliphatic heterocycles. The minimum Gasteiger partial charge on any atom is -0.479 e. The highest BCUT2D eigenvalue weighted by molar-refractivity contribution is 8.01. The monoisotopic (exact) mass is 482 g/mol. The predicted octanol–water partition coefficient (Wildman–Crippen LogP) is 1.18. The van der Waals surface area contributed by atoms with Gasteiger partial charge in [0.1, 0.15) is 23.5 Å². The van der Waals surface area contributed by atoms with Crippen LogP contribution in [0.3, 0.4) is 0 Å². The molecule has 3 amide bonds. The maximum atomic E-state index is 13.2. The van der Waals surface area contributed by atoms with Crippen LogP contribution >= 0.6 is 11.8 Å². The summed E-state index contributed by atoms with van der Waals surface area (Å²) in [5.74, 6) is -2.64. The average molecular weight is 483 g/mol. The summed E-state index contributed by atoms with van der Waals surface area (Å²) in [5.41, 5.74) is 7.11. The molecule has 0 unspecified atom stereocenters. The van der Waals surface area contributed by atoms with Crippen LogP contribution in [0.25, 0.3) is 0 Å². The van der Waals surface area contributed by atoms with E-state index in [4.69, 9.17) is 5.73 Å². The van der Waals surface area contributed by atoms with Crippen molar-refractivity contribution in [3.8, 4) is 0 Å². The molecule has 0 spiro atoms. The first kappa shape index (κ1) is 23.8. The van der Waals surface area contributed by atoms with Crippen molar-refractivity contribution in [2.24, 2.45) is 5.73 Å². The van der Waals surface area contributed by atoms with Crippen LogP contribution in [0.5, 0.6) is 0 Å². The fourth-order valence-electron chi connectivity index (χ4n) is 4.38. The molecule has 2 fully saturated rings. The zero-order valence-corrected chi connectivity index (χ0v) is 19.5. The van der Waals surface area contributed by atoms with Gasteiger partial charge in [-0.1, -0.05) is 60.7 Å². The van der Waals surface area contributed by atoms with Gasteiger partial charge in [0, 0.05) is 4.75 Å². The molecule has 0 aromatic heterocycles. The number of carbonyl (C=O) groups is 4. The van der Waals surface area contributed by atoms with Gasteiger partial charge in [-0.3, -0.25) is 14.4 Å². The van der Waals surface area contributed by atoms with Crippen LogP contribution in [0.4, 0.5) is 0 Å². The molecule has 2 aromatic carbocycles. The van der Waals surface area contributed by atoms with Gasteiger partial charge in [0.15, 0.2) is 6.04 Å². The number of carboxylic acid groups (broad SMARTS) is 1. The lowest BCUT2D eigenvalue weighted by molar-refractivity contribution is -0.156. The number of β-lactam (4-membered cyclic amide) rings is 1. The number of nitrogens with zero attached hydrogens (tertiary/aromatic N) is 1. The number of nitrogens with one attached hydrogen (secondary N) is 2. The second-order valence-electron chi connectivity index (χ2n) is 8.83. The van der Waals surface area contributed by atoms with Crippen molar-refractivity contribution in [3.63, 3.8) is 0 Å². The van der Waals surface area contributed by atoms with Crippen LogP contribution in [0, 0.1) is 0 Å². The number of nitrogens with two attached hydrogens (primary N) is 1. The molecule has 0 saturated carbocycles. The van der Waals surface area contributed by atoms with E-state index in [0.717, 1.165) is 0 Å². The normalized spacial score (nSPS) is 24.4. The van der Waals surface area contributed by atoms with E-state index in [0.29, 0.717) is 11.1 Å². The number of hydrogen-bond donors (Lipinski definition) is 4. The third-order valence-electron chi connectivity index (χ3n) is 6.09. The van der Waals surface area contributed by atoms with Gasteiger partial charge >= 0.3 is 5.97 Å². The number of amides is 3. The molecular formula is C24H26N4O5S. The summed E-state index contributed by atoms with van der Waals surface area (Å²) < 4.78 is -0.703. The molecule has 4 rings (SSSR count). The quantitative estimate of drug-likeness (QED) is 0.434. The first-order chi connectivity index (χ1) is 16.1. The van der Waals surface area contributed by atoms with Gasteiger partial charge in [-0.2, -0.15) is 0 Å². The van der Waals surface area contributed by atoms with E-state index < -0.39 is 58.0 Å². The maximum Gasteiger partial charge on any atom is 0.330 e. The number of fused-ring (bicyclic) bond motifs is 1. The second kappa shape index (κ2) is 9.11. The highest BCUT2D eigenvalue weighted by Crippen LogP contribution is 2.51. The van der Waals surface area contributed by atoms with Crippen molar-refractivity contribution in [1.82, 2.24) is 15.5 Å². The van der Waals surface area contributed by atoms with Gasteiger partial charge in [0.2, 0.25) is 17.7 Å². The number of carbonyl (C=O) groups excluding carboxylic acids is 3. The molecule has 2 heterocycles. The molecular weight excluding hydrogens is 456 g/mol. The van der Waals surface area contributed by atoms with E-state index in [-0.39, 0.29) is 0 Å². The molecule has 9 nitrogen and oxygen atoms in total. The number of rotatable bonds is 7. The van der Waals surface area contributed by atoms with Gasteiger partial charge in [0.25, 0.3) is 0 Å². The van der Waals surface area contributed by atoms with Gasteiger partial charge in [-0.15, -0.1) is 11.8 Å². The van der Waals surface area contributed by atoms with E-state index in [1.165, 1.54) is 16.7 Å². The lowest BCUT2D eigenvalue weighted by Crippen LogP contribution is -2.71. The Labute approximate surface area is 201 Å². The van der Waals surface area contributed by atoms with E-state index in [1.807, 2.05) is 19.9 Å². The van der Waals surface area contributed by atoms with Gasteiger partial charge in [0.05, 0.1) is 0 Å². The van der Waals surface area contributed by atoms with Crippen LogP contribution in [-0.2, 0) is 19.2 Å². The predicted molar refractivity (Wildman–Crippen MR) is 126 cm³/mol. The Hall–Kier alpha value is -3.37. The Kier molecular flexibility index (Phi) is 6.37. The zero-order chi connectivity index (χ0) is 24.6. The molecule has 2 saturated heterocycles. The second-order valence-corrected chi connectivity index (χ2v) is 10.6. The summed E-state index contributed by atoms with van der Waals surface area (Å²) in [6.45, 7) is 3.64. The van der Waals surface area contributed by atoms with E-state index in [9.17, 15) is 24.3 Å². The Morgan fingerprint density at radius 1 is 1.03 bits per heavy atom. The van der Waals surface area contributed by atoms with Gasteiger partial charge in [-0.05, 0) is 25.0 Å². The summed E-state index contributed by atoms with van der Waals surface area (Å²) in [7, 11) is 0. The standard InChI is InChI=1S/C24H26N4O5S/c1-24(2)18(20(30)26-16(23(32)33)14-11-7-4-8-12-14)28-21(31)17(22(28)34-24)27-19(29)15(25)13-9-5-3-6-10-13/h3-12,15-18,22H,25H2,1-2H3,(H,26,30)(H,27,29)(H,32,33)/t15-,16-,17-,18+,22-/m1/s1. The van der Waals surface area contributed by atoms with Crippen molar-refractivity contribution >= 4 is 35.5 Å². The van der Waals surface area contributed by atoms with Crippen LogP contribution < -0.4 is 16.4 Å². The van der Waals surface area contributed by atoms with E-state index >= 15 is 0 Å². The first-order valence-corrected chi connectivity index (χ1v) is 11.7. The molecule has 178 valence electrons. The number of thioether (sulfide) groups is 1. The number of carboxylic acids is 1. The van der Waals surface area contributed by atoms with Crippen molar-refractivity contribution < 1.29 is 24.3 Å². The highest BCUT2D eigenvalue weighted by Gasteiger charge is 2.64. The summed E-state index contributed by atoms with van der Waals surface area (Å²) in [4.78, 5) is 52.1. The van der Waals surface area contributed by atoms with Crippen molar-refractivity contribution in [3.05, 3.63) is 71.8 Å². The lowest BCUT2D eigenvalue weighted by atomic mass is 9.94. The minimum absolute atomic E-state index is 0.400. The Morgan fingerprint density at radius 2 is 1.59 bits per heavy atom. The van der Waals surface area contributed by atoms with Crippen LogP contribution in [0.1, 0.15) is 37.1 Å². The molecule has 10 heteroatoms. The molecule has 5 N–H and O–H groups in total. The average Bonchev–Trinajstić information content (AvgIpc) is 3.08. The van der Waals surface area contributed by atoms with Crippen LogP contribution in [0.15, 0.2) is 60.7 Å². The Balaban J connectivity index is 1.47. The molecule has 0 aliphatic carbocycles. The smallest absolute Gasteiger partial charge is 0.330 e. The number of hydrogen-bond acceptors (Lipinski definition) is 6. The van der Waals surface area contributed by atoms with Gasteiger partial charge in [-0.25, -0.2) is 4.79 Å². The molecule has 2 aromatic rings. The largest absolute Gasteiger partial charge is 0.479 e. The molecule has 5 atom stereocenters. The summed E-state index contributed by atoms with van der Waals surface area (Å²) >= 11 is 1.39. The fourth-order valence-corrected chi connectivity index (χ4v) is 6.01. The maximum absolute atomic E-state index is 13.2. The fraction of sp³-hybridized carbons (Fsp3) is 0.333. The lowest BCUT2D eigenvalue weighted by Gasteiger charge is -2.44.